The van der Waals surface area contributed by atoms with E-state index in [2.05, 4.69) is 0 Å². The van der Waals surface area contributed by atoms with Crippen molar-refractivity contribution in [2.24, 2.45) is 0 Å². The van der Waals surface area contributed by atoms with Crippen LogP contribution in [0.4, 0.5) is 0 Å². The highest BCUT2D eigenvalue weighted by atomic mass is 16.5. The van der Waals surface area contributed by atoms with Crippen LogP contribution in [-0.4, -0.2) is 12.9 Å². The van der Waals surface area contributed by atoms with Gasteiger partial charge in [0, 0.05) is 6.42 Å². The first-order valence-corrected chi connectivity index (χ1v) is 6.67. The van der Waals surface area contributed by atoms with Crippen LogP contribution < -0.4 is 4.74 Å². The Balaban J connectivity index is 2.15. The Bertz CT molecular complexity index is 429. The van der Waals surface area contributed by atoms with E-state index < -0.39 is 0 Å². The van der Waals surface area contributed by atoms with Crippen LogP contribution >= 0.6 is 0 Å². The van der Waals surface area contributed by atoms with Crippen LogP contribution in [0.3, 0.4) is 0 Å². The van der Waals surface area contributed by atoms with Crippen molar-refractivity contribution in [3.8, 4) is 5.75 Å². The third kappa shape index (κ3) is 3.46. The van der Waals surface area contributed by atoms with Gasteiger partial charge in [-0.05, 0) is 48.6 Å². The Morgan fingerprint density at radius 1 is 1.00 bits per heavy atom. The average molecular weight is 244 g/mol. The lowest BCUT2D eigenvalue weighted by atomic mass is 9.93. The van der Waals surface area contributed by atoms with Gasteiger partial charge in [0.05, 0.1) is 7.11 Å². The number of rotatable bonds is 2. The molecule has 0 unspecified atom stereocenters. The lowest BCUT2D eigenvalue weighted by Crippen LogP contribution is -2.05. The summed E-state index contributed by atoms with van der Waals surface area (Å²) in [5.74, 6) is 1.17. The maximum atomic E-state index is 12.0. The van der Waals surface area contributed by atoms with Crippen molar-refractivity contribution in [3.63, 3.8) is 0 Å². The van der Waals surface area contributed by atoms with Crippen molar-refractivity contribution < 1.29 is 9.53 Å². The van der Waals surface area contributed by atoms with Crippen LogP contribution in [0.2, 0.25) is 0 Å². The Kier molecular flexibility index (Phi) is 4.57. The molecule has 1 fully saturated rings. The molecular formula is C16H20O2. The van der Waals surface area contributed by atoms with Gasteiger partial charge in [-0.15, -0.1) is 0 Å². The van der Waals surface area contributed by atoms with Gasteiger partial charge in [0.15, 0.2) is 5.78 Å². The van der Waals surface area contributed by atoms with Crippen LogP contribution in [0.25, 0.3) is 6.08 Å². The molecule has 1 saturated carbocycles. The van der Waals surface area contributed by atoms with Crippen molar-refractivity contribution in [1.29, 1.82) is 0 Å². The van der Waals surface area contributed by atoms with E-state index >= 15 is 0 Å². The number of Topliss-reactive ketones (excluding diaryl/α,β-unsaturated/α-hetero) is 1. The quantitative estimate of drug-likeness (QED) is 0.735. The molecule has 0 aliphatic heterocycles. The number of ketones is 1. The molecule has 0 aromatic heterocycles. The fraction of sp³-hybridized carbons (Fsp3) is 0.438. The summed E-state index contributed by atoms with van der Waals surface area (Å²) < 4.78 is 5.13. The van der Waals surface area contributed by atoms with Crippen LogP contribution in [0.1, 0.15) is 44.1 Å². The van der Waals surface area contributed by atoms with E-state index in [0.717, 1.165) is 36.1 Å². The van der Waals surface area contributed by atoms with Gasteiger partial charge >= 0.3 is 0 Å². The van der Waals surface area contributed by atoms with Gasteiger partial charge in [0.2, 0.25) is 0 Å². The highest BCUT2D eigenvalue weighted by Crippen LogP contribution is 2.22. The predicted octanol–water partition coefficient (Wildman–Crippen LogP) is 4.00. The summed E-state index contributed by atoms with van der Waals surface area (Å²) >= 11 is 0. The average Bonchev–Trinajstić information content (AvgIpc) is 2.39. The molecule has 0 heterocycles. The monoisotopic (exact) mass is 244 g/mol. The Hall–Kier alpha value is -1.57. The van der Waals surface area contributed by atoms with Crippen molar-refractivity contribution in [2.45, 2.75) is 38.5 Å². The van der Waals surface area contributed by atoms with Crippen LogP contribution in [0.5, 0.6) is 5.75 Å². The van der Waals surface area contributed by atoms with Crippen molar-refractivity contribution in [1.82, 2.24) is 0 Å². The van der Waals surface area contributed by atoms with Crippen molar-refractivity contribution in [3.05, 3.63) is 35.4 Å². The lowest BCUT2D eigenvalue weighted by molar-refractivity contribution is -0.115. The number of benzene rings is 1. The first-order valence-electron chi connectivity index (χ1n) is 6.67. The zero-order valence-corrected chi connectivity index (χ0v) is 10.9. The Morgan fingerprint density at radius 3 is 2.33 bits per heavy atom. The molecule has 18 heavy (non-hydrogen) atoms. The van der Waals surface area contributed by atoms with Gasteiger partial charge in [-0.2, -0.15) is 0 Å². The van der Waals surface area contributed by atoms with Gasteiger partial charge < -0.3 is 4.74 Å². The third-order valence-corrected chi connectivity index (χ3v) is 3.41. The summed E-state index contributed by atoms with van der Waals surface area (Å²) in [5, 5.41) is 0. The number of allylic oxidation sites excluding steroid dienone is 1. The minimum absolute atomic E-state index is 0.325. The molecule has 2 heteroatoms. The van der Waals surface area contributed by atoms with Crippen LogP contribution in [0.15, 0.2) is 29.8 Å². The molecule has 1 aliphatic carbocycles. The smallest absolute Gasteiger partial charge is 0.158 e. The van der Waals surface area contributed by atoms with E-state index in [0.29, 0.717) is 12.2 Å². The highest BCUT2D eigenvalue weighted by molar-refractivity contribution is 5.99. The number of hydrogen-bond acceptors (Lipinski definition) is 2. The molecule has 96 valence electrons. The minimum atomic E-state index is 0.325. The molecule has 2 rings (SSSR count). The first-order chi connectivity index (χ1) is 8.79. The molecule has 1 aromatic rings. The second kappa shape index (κ2) is 6.39. The van der Waals surface area contributed by atoms with Crippen LogP contribution in [0, 0.1) is 0 Å². The molecular weight excluding hydrogens is 224 g/mol. The van der Waals surface area contributed by atoms with Crippen molar-refractivity contribution in [2.75, 3.05) is 7.11 Å². The minimum Gasteiger partial charge on any atom is -0.497 e. The van der Waals surface area contributed by atoms with Crippen molar-refractivity contribution >= 4 is 11.9 Å². The number of carbonyl (C=O) groups is 1. The third-order valence-electron chi connectivity index (χ3n) is 3.41. The highest BCUT2D eigenvalue weighted by Gasteiger charge is 2.12. The second-order valence-corrected chi connectivity index (χ2v) is 4.78. The Labute approximate surface area is 109 Å². The molecule has 0 bridgehead atoms. The van der Waals surface area contributed by atoms with E-state index in [1.807, 2.05) is 30.3 Å². The summed E-state index contributed by atoms with van der Waals surface area (Å²) in [5.41, 5.74) is 2.07. The second-order valence-electron chi connectivity index (χ2n) is 4.78. The fourth-order valence-corrected chi connectivity index (χ4v) is 2.31. The number of ether oxygens (including phenoxy) is 1. The summed E-state index contributed by atoms with van der Waals surface area (Å²) in [6.45, 7) is 0. The van der Waals surface area contributed by atoms with Gasteiger partial charge in [-0.25, -0.2) is 0 Å². The van der Waals surface area contributed by atoms with Gasteiger partial charge in [-0.3, -0.25) is 4.79 Å². The fourth-order valence-electron chi connectivity index (χ4n) is 2.31. The molecule has 0 amide bonds. The molecule has 0 saturated heterocycles. The largest absolute Gasteiger partial charge is 0.497 e. The van der Waals surface area contributed by atoms with E-state index in [4.69, 9.17) is 4.74 Å². The van der Waals surface area contributed by atoms with Gasteiger partial charge in [-0.1, -0.05) is 25.0 Å². The number of methoxy groups -OCH3 is 1. The van der Waals surface area contributed by atoms with E-state index in [1.165, 1.54) is 12.8 Å². The molecule has 0 N–H and O–H groups in total. The summed E-state index contributed by atoms with van der Waals surface area (Å²) in [6.07, 6.45) is 8.28. The maximum absolute atomic E-state index is 12.0. The molecule has 0 atom stereocenters. The molecule has 2 nitrogen and oxygen atoms in total. The molecule has 1 aromatic carbocycles. The zero-order chi connectivity index (χ0) is 12.8. The topological polar surface area (TPSA) is 26.3 Å². The lowest BCUT2D eigenvalue weighted by Gasteiger charge is -2.11. The first kappa shape index (κ1) is 12.9. The molecule has 0 spiro atoms. The maximum Gasteiger partial charge on any atom is 0.158 e. The van der Waals surface area contributed by atoms with Crippen LogP contribution in [-0.2, 0) is 4.79 Å². The Morgan fingerprint density at radius 2 is 1.67 bits per heavy atom. The molecule has 0 radical (unpaired) electrons. The summed E-state index contributed by atoms with van der Waals surface area (Å²) in [7, 11) is 1.66. The van der Waals surface area contributed by atoms with E-state index in [1.54, 1.807) is 7.11 Å². The predicted molar refractivity (Wildman–Crippen MR) is 73.7 cm³/mol. The summed E-state index contributed by atoms with van der Waals surface area (Å²) in [6, 6.07) is 7.86. The SMILES string of the molecule is COc1ccc(/C=C2\CCCCCCC2=O)cc1. The zero-order valence-electron chi connectivity index (χ0n) is 10.9. The summed E-state index contributed by atoms with van der Waals surface area (Å²) in [4.78, 5) is 12.0. The number of hydrogen-bond donors (Lipinski definition) is 0. The normalized spacial score (nSPS) is 19.4. The van der Waals surface area contributed by atoms with E-state index in [-0.39, 0.29) is 0 Å². The molecule has 1 aliphatic rings. The van der Waals surface area contributed by atoms with Gasteiger partial charge in [0.1, 0.15) is 5.75 Å². The van der Waals surface area contributed by atoms with E-state index in [9.17, 15) is 4.79 Å². The van der Waals surface area contributed by atoms with Gasteiger partial charge in [0.25, 0.3) is 0 Å². The number of carbonyl (C=O) groups excluding carboxylic acids is 1. The standard InChI is InChI=1S/C16H20O2/c1-18-15-10-8-13(9-11-15)12-14-6-4-2-3-5-7-16(14)17/h8-12H,2-7H2,1H3/b14-12+.